The van der Waals surface area contributed by atoms with Gasteiger partial charge in [0, 0.05) is 31.0 Å². The molecule has 0 atom stereocenters. The minimum absolute atomic E-state index is 0.156. The monoisotopic (exact) mass is 325 g/mol. The van der Waals surface area contributed by atoms with Crippen molar-refractivity contribution in [1.82, 2.24) is 20.2 Å². The second-order valence-electron chi connectivity index (χ2n) is 6.28. The first-order valence-electron chi connectivity index (χ1n) is 8.18. The Hall–Kier alpha value is -2.47. The molecule has 3 rings (SSSR count). The van der Waals surface area contributed by atoms with E-state index in [1.807, 2.05) is 38.1 Å². The van der Waals surface area contributed by atoms with Crippen molar-refractivity contribution in [2.75, 3.05) is 38.6 Å². The molecular weight excluding hydrogens is 302 g/mol. The number of hydrogen-bond donors (Lipinski definition) is 1. The lowest BCUT2D eigenvalue weighted by molar-refractivity contribution is 0.0946. The molecule has 24 heavy (non-hydrogen) atoms. The maximum absolute atomic E-state index is 12.4. The van der Waals surface area contributed by atoms with E-state index in [1.165, 1.54) is 5.56 Å². The molecule has 1 amide bonds. The van der Waals surface area contributed by atoms with E-state index in [0.717, 1.165) is 30.9 Å². The van der Waals surface area contributed by atoms with Crippen LogP contribution in [0.2, 0.25) is 0 Å². The Labute approximate surface area is 142 Å². The Morgan fingerprint density at radius 3 is 2.88 bits per heavy atom. The molecule has 6 nitrogen and oxygen atoms in total. The van der Waals surface area contributed by atoms with Gasteiger partial charge in [0.15, 0.2) is 0 Å². The van der Waals surface area contributed by atoms with Gasteiger partial charge in [-0.2, -0.15) is 0 Å². The second kappa shape index (κ2) is 6.97. The van der Waals surface area contributed by atoms with Crippen LogP contribution in [0.3, 0.4) is 0 Å². The number of hydrogen-bond acceptors (Lipinski definition) is 5. The lowest BCUT2D eigenvalue weighted by Gasteiger charge is -2.18. The van der Waals surface area contributed by atoms with Crippen molar-refractivity contribution in [3.63, 3.8) is 0 Å². The molecule has 1 aliphatic heterocycles. The molecule has 0 spiro atoms. The molecule has 2 aromatic rings. The number of nitrogens with zero attached hydrogens (tertiary/aromatic N) is 4. The van der Waals surface area contributed by atoms with Crippen LogP contribution in [0.5, 0.6) is 0 Å². The number of aromatic nitrogens is 2. The van der Waals surface area contributed by atoms with Crippen LogP contribution in [-0.2, 0) is 6.42 Å². The fourth-order valence-electron chi connectivity index (χ4n) is 2.82. The van der Waals surface area contributed by atoms with Gasteiger partial charge in [-0.15, -0.1) is 0 Å². The Morgan fingerprint density at radius 2 is 2.08 bits per heavy atom. The maximum atomic E-state index is 12.4. The van der Waals surface area contributed by atoms with Gasteiger partial charge in [0.1, 0.15) is 5.69 Å². The number of rotatable bonds is 5. The van der Waals surface area contributed by atoms with Crippen molar-refractivity contribution >= 4 is 17.5 Å². The number of fused-ring (bicyclic) bond motifs is 1. The largest absolute Gasteiger partial charge is 0.349 e. The fourth-order valence-corrected chi connectivity index (χ4v) is 2.82. The first-order valence-corrected chi connectivity index (χ1v) is 8.18. The molecule has 0 unspecified atom stereocenters. The minimum Gasteiger partial charge on any atom is -0.349 e. The van der Waals surface area contributed by atoms with Gasteiger partial charge in [0.05, 0.1) is 0 Å². The van der Waals surface area contributed by atoms with E-state index in [0.29, 0.717) is 18.2 Å². The van der Waals surface area contributed by atoms with Crippen LogP contribution in [0.1, 0.15) is 21.7 Å². The SMILES string of the molecule is Cc1cc(C(=O)NCCN(C)C)nc(N2CCc3ccccc32)n1. The number of anilines is 2. The van der Waals surface area contributed by atoms with E-state index in [2.05, 4.69) is 32.3 Å². The summed E-state index contributed by atoms with van der Waals surface area (Å²) in [5.74, 6) is 0.439. The highest BCUT2D eigenvalue weighted by Gasteiger charge is 2.23. The zero-order chi connectivity index (χ0) is 17.1. The molecule has 1 aliphatic rings. The number of benzene rings is 1. The predicted molar refractivity (Wildman–Crippen MR) is 94.8 cm³/mol. The van der Waals surface area contributed by atoms with Crippen LogP contribution >= 0.6 is 0 Å². The third kappa shape index (κ3) is 3.54. The highest BCUT2D eigenvalue weighted by molar-refractivity contribution is 5.92. The molecule has 0 saturated carbocycles. The van der Waals surface area contributed by atoms with Crippen molar-refractivity contribution in [2.24, 2.45) is 0 Å². The van der Waals surface area contributed by atoms with Crippen molar-refractivity contribution in [3.8, 4) is 0 Å². The lowest BCUT2D eigenvalue weighted by atomic mass is 10.2. The summed E-state index contributed by atoms with van der Waals surface area (Å²) in [5, 5.41) is 2.91. The molecule has 6 heteroatoms. The van der Waals surface area contributed by atoms with Gasteiger partial charge in [-0.25, -0.2) is 9.97 Å². The molecule has 0 saturated heterocycles. The third-order valence-electron chi connectivity index (χ3n) is 4.05. The highest BCUT2D eigenvalue weighted by atomic mass is 16.1. The van der Waals surface area contributed by atoms with Crippen LogP contribution in [0.15, 0.2) is 30.3 Å². The van der Waals surface area contributed by atoms with Crippen LogP contribution in [-0.4, -0.2) is 54.5 Å². The van der Waals surface area contributed by atoms with E-state index in [1.54, 1.807) is 6.07 Å². The molecular formula is C18H23N5O. The van der Waals surface area contributed by atoms with Gasteiger partial charge in [0.2, 0.25) is 5.95 Å². The molecule has 0 radical (unpaired) electrons. The maximum Gasteiger partial charge on any atom is 0.270 e. The average Bonchev–Trinajstić information content (AvgIpc) is 2.98. The van der Waals surface area contributed by atoms with Crippen LogP contribution < -0.4 is 10.2 Å². The molecule has 0 bridgehead atoms. The number of carbonyl (C=O) groups is 1. The minimum atomic E-state index is -0.156. The van der Waals surface area contributed by atoms with Gasteiger partial charge in [0.25, 0.3) is 5.91 Å². The summed E-state index contributed by atoms with van der Waals surface area (Å²) in [4.78, 5) is 25.5. The van der Waals surface area contributed by atoms with Gasteiger partial charge in [-0.3, -0.25) is 4.79 Å². The first kappa shape index (κ1) is 16.4. The second-order valence-corrected chi connectivity index (χ2v) is 6.28. The molecule has 2 heterocycles. The Bertz CT molecular complexity index is 744. The standard InChI is InChI=1S/C18H23N5O/c1-13-12-15(17(24)19-9-11-22(2)3)21-18(20-13)23-10-8-14-6-4-5-7-16(14)23/h4-7,12H,8-11H2,1-3H3,(H,19,24). The smallest absolute Gasteiger partial charge is 0.270 e. The Balaban J connectivity index is 1.81. The molecule has 1 aromatic carbocycles. The summed E-state index contributed by atoms with van der Waals surface area (Å²) < 4.78 is 0. The fraction of sp³-hybridized carbons (Fsp3) is 0.389. The molecule has 1 aromatic heterocycles. The number of para-hydroxylation sites is 1. The highest BCUT2D eigenvalue weighted by Crippen LogP contribution is 2.32. The summed E-state index contributed by atoms with van der Waals surface area (Å²) in [5.41, 5.74) is 3.63. The number of aryl methyl sites for hydroxylation is 1. The zero-order valence-corrected chi connectivity index (χ0v) is 14.4. The summed E-state index contributed by atoms with van der Waals surface area (Å²) in [6, 6.07) is 9.99. The Kier molecular flexibility index (Phi) is 4.76. The number of amides is 1. The Morgan fingerprint density at radius 1 is 1.29 bits per heavy atom. The van der Waals surface area contributed by atoms with Gasteiger partial charge in [-0.05, 0) is 45.1 Å². The van der Waals surface area contributed by atoms with Gasteiger partial charge < -0.3 is 15.1 Å². The van der Waals surface area contributed by atoms with Crippen molar-refractivity contribution in [3.05, 3.63) is 47.3 Å². The summed E-state index contributed by atoms with van der Waals surface area (Å²) in [6.07, 6.45) is 0.970. The number of likely N-dealkylation sites (N-methyl/N-ethyl adjacent to an activating group) is 1. The number of nitrogens with one attached hydrogen (secondary N) is 1. The van der Waals surface area contributed by atoms with Crippen LogP contribution in [0.4, 0.5) is 11.6 Å². The third-order valence-corrected chi connectivity index (χ3v) is 4.05. The average molecular weight is 325 g/mol. The van der Waals surface area contributed by atoms with Gasteiger partial charge in [-0.1, -0.05) is 18.2 Å². The summed E-state index contributed by atoms with van der Waals surface area (Å²) in [6.45, 7) is 4.12. The predicted octanol–water partition coefficient (Wildman–Crippen LogP) is 1.77. The first-order chi connectivity index (χ1) is 11.5. The number of carbonyl (C=O) groups excluding carboxylic acids is 1. The normalized spacial score (nSPS) is 13.2. The van der Waals surface area contributed by atoms with Crippen LogP contribution in [0.25, 0.3) is 0 Å². The van der Waals surface area contributed by atoms with E-state index < -0.39 is 0 Å². The molecule has 126 valence electrons. The van der Waals surface area contributed by atoms with Gasteiger partial charge >= 0.3 is 0 Å². The summed E-state index contributed by atoms with van der Waals surface area (Å²) in [7, 11) is 3.95. The topological polar surface area (TPSA) is 61.4 Å². The zero-order valence-electron chi connectivity index (χ0n) is 14.4. The van der Waals surface area contributed by atoms with E-state index in [-0.39, 0.29) is 5.91 Å². The quantitative estimate of drug-likeness (QED) is 0.908. The molecule has 1 N–H and O–H groups in total. The van der Waals surface area contributed by atoms with Crippen molar-refractivity contribution in [2.45, 2.75) is 13.3 Å². The van der Waals surface area contributed by atoms with E-state index in [9.17, 15) is 4.79 Å². The van der Waals surface area contributed by atoms with Crippen molar-refractivity contribution < 1.29 is 4.79 Å². The van der Waals surface area contributed by atoms with Crippen molar-refractivity contribution in [1.29, 1.82) is 0 Å². The lowest BCUT2D eigenvalue weighted by Crippen LogP contribution is -2.32. The van der Waals surface area contributed by atoms with Crippen LogP contribution in [0, 0.1) is 6.92 Å². The van der Waals surface area contributed by atoms with E-state index >= 15 is 0 Å². The summed E-state index contributed by atoms with van der Waals surface area (Å²) >= 11 is 0. The molecule has 0 fully saturated rings. The van der Waals surface area contributed by atoms with E-state index in [4.69, 9.17) is 0 Å². The molecule has 0 aliphatic carbocycles.